The third kappa shape index (κ3) is 6.68. The number of nitrogens with one attached hydrogen (secondary N) is 2. The second-order valence-corrected chi connectivity index (χ2v) is 6.57. The largest absolute Gasteiger partial charge is 0.272 e. The molecule has 0 unspecified atom stereocenters. The zero-order valence-electron chi connectivity index (χ0n) is 13.3. The highest BCUT2D eigenvalue weighted by atomic mass is 32.2. The van der Waals surface area contributed by atoms with Gasteiger partial charge in [0, 0.05) is 22.1 Å². The van der Waals surface area contributed by atoms with Crippen LogP contribution in [0.15, 0.2) is 60.7 Å². The van der Waals surface area contributed by atoms with Crippen molar-refractivity contribution in [2.24, 2.45) is 0 Å². The topological polar surface area (TPSA) is 75.3 Å². The van der Waals surface area contributed by atoms with Gasteiger partial charge in [-0.3, -0.25) is 24.6 Å². The zero-order chi connectivity index (χ0) is 18.1. The molecule has 2 amide bonds. The van der Waals surface area contributed by atoms with Gasteiger partial charge < -0.3 is 0 Å². The van der Waals surface area contributed by atoms with Crippen molar-refractivity contribution in [3.05, 3.63) is 77.6 Å². The first-order valence-electron chi connectivity index (χ1n) is 7.46. The lowest BCUT2D eigenvalue weighted by molar-refractivity contribution is -0.119. The summed E-state index contributed by atoms with van der Waals surface area (Å²) in [6.45, 7) is 0. The van der Waals surface area contributed by atoms with Gasteiger partial charge in [-0.2, -0.15) is 0 Å². The van der Waals surface area contributed by atoms with E-state index in [4.69, 9.17) is 0 Å². The van der Waals surface area contributed by atoms with E-state index >= 15 is 0 Å². The highest BCUT2D eigenvalue weighted by Crippen LogP contribution is 2.02. The van der Waals surface area contributed by atoms with Gasteiger partial charge in [-0.25, -0.2) is 4.39 Å². The maximum absolute atomic E-state index is 12.8. The number of amides is 2. The van der Waals surface area contributed by atoms with Crippen LogP contribution in [0, 0.1) is 5.82 Å². The Morgan fingerprint density at radius 3 is 2.36 bits per heavy atom. The van der Waals surface area contributed by atoms with E-state index in [9.17, 15) is 18.2 Å². The molecular weight excluding hydrogens is 343 g/mol. The van der Waals surface area contributed by atoms with Gasteiger partial charge in [0.05, 0.1) is 0 Å². The minimum Gasteiger partial charge on any atom is -0.272 e. The van der Waals surface area contributed by atoms with Crippen molar-refractivity contribution in [3.8, 4) is 0 Å². The van der Waals surface area contributed by atoms with Gasteiger partial charge in [-0.05, 0) is 29.8 Å². The molecule has 0 spiro atoms. The smallest absolute Gasteiger partial charge is 0.269 e. The maximum atomic E-state index is 12.8. The van der Waals surface area contributed by atoms with Crippen molar-refractivity contribution >= 4 is 28.7 Å². The van der Waals surface area contributed by atoms with Crippen molar-refractivity contribution in [3.63, 3.8) is 0 Å². The SMILES string of the molecule is O=C(C[S@](=O)C/C=C\c1ccccc1)NNC(=O)c1ccc(F)cc1. The van der Waals surface area contributed by atoms with Crippen LogP contribution in [0.3, 0.4) is 0 Å². The van der Waals surface area contributed by atoms with Crippen molar-refractivity contribution < 1.29 is 18.2 Å². The Hall–Kier alpha value is -2.80. The van der Waals surface area contributed by atoms with Crippen LogP contribution >= 0.6 is 0 Å². The number of carbonyl (C=O) groups is 2. The van der Waals surface area contributed by atoms with Gasteiger partial charge in [0.1, 0.15) is 11.6 Å². The summed E-state index contributed by atoms with van der Waals surface area (Å²) in [6, 6.07) is 14.4. The summed E-state index contributed by atoms with van der Waals surface area (Å²) in [5, 5.41) is 0. The molecule has 25 heavy (non-hydrogen) atoms. The van der Waals surface area contributed by atoms with Crippen LogP contribution in [0.5, 0.6) is 0 Å². The van der Waals surface area contributed by atoms with Gasteiger partial charge in [0.15, 0.2) is 0 Å². The third-order valence-electron chi connectivity index (χ3n) is 3.11. The molecule has 0 heterocycles. The maximum Gasteiger partial charge on any atom is 0.269 e. The van der Waals surface area contributed by atoms with E-state index in [1.54, 1.807) is 6.08 Å². The molecular formula is C18H17FN2O3S. The number of hydrogen-bond donors (Lipinski definition) is 2. The fourth-order valence-corrected chi connectivity index (χ4v) is 2.69. The molecule has 0 aliphatic heterocycles. The number of benzene rings is 2. The van der Waals surface area contributed by atoms with Crippen molar-refractivity contribution in [2.75, 3.05) is 11.5 Å². The molecule has 7 heteroatoms. The predicted molar refractivity (Wildman–Crippen MR) is 95.4 cm³/mol. The standard InChI is InChI=1S/C18H17FN2O3S/c19-16-10-8-15(9-11-16)18(23)21-20-17(22)13-25(24)12-4-7-14-5-2-1-3-6-14/h1-11H,12-13H2,(H,20,22)(H,21,23)/b7-4-/t25-/m1/s1. The molecule has 0 aromatic heterocycles. The third-order valence-corrected chi connectivity index (χ3v) is 4.25. The molecule has 0 radical (unpaired) electrons. The summed E-state index contributed by atoms with van der Waals surface area (Å²) >= 11 is 0. The molecule has 0 aliphatic carbocycles. The first kappa shape index (κ1) is 18.5. The van der Waals surface area contributed by atoms with Gasteiger partial charge >= 0.3 is 0 Å². The first-order valence-corrected chi connectivity index (χ1v) is 8.95. The molecule has 2 aromatic carbocycles. The summed E-state index contributed by atoms with van der Waals surface area (Å²) in [4.78, 5) is 23.4. The second kappa shape index (κ2) is 9.48. The van der Waals surface area contributed by atoms with E-state index in [-0.39, 0.29) is 17.1 Å². The molecule has 0 bridgehead atoms. The second-order valence-electron chi connectivity index (χ2n) is 5.07. The summed E-state index contributed by atoms with van der Waals surface area (Å²) in [5.74, 6) is -1.61. The highest BCUT2D eigenvalue weighted by Gasteiger charge is 2.09. The Balaban J connectivity index is 1.72. The van der Waals surface area contributed by atoms with E-state index in [0.29, 0.717) is 0 Å². The van der Waals surface area contributed by atoms with Gasteiger partial charge in [0.25, 0.3) is 11.8 Å². The molecule has 0 fully saturated rings. The summed E-state index contributed by atoms with van der Waals surface area (Å²) in [6.07, 6.45) is 3.56. The lowest BCUT2D eigenvalue weighted by atomic mass is 10.2. The van der Waals surface area contributed by atoms with Gasteiger partial charge in [0.2, 0.25) is 0 Å². The summed E-state index contributed by atoms with van der Waals surface area (Å²) in [7, 11) is -1.39. The Labute approximate surface area is 147 Å². The van der Waals surface area contributed by atoms with E-state index in [0.717, 1.165) is 17.7 Å². The summed E-state index contributed by atoms with van der Waals surface area (Å²) in [5.41, 5.74) is 5.56. The summed E-state index contributed by atoms with van der Waals surface area (Å²) < 4.78 is 24.6. The molecule has 0 saturated carbocycles. The normalized spacial score (nSPS) is 11.9. The molecule has 5 nitrogen and oxygen atoms in total. The quantitative estimate of drug-likeness (QED) is 0.774. The molecule has 2 aromatic rings. The first-order chi connectivity index (χ1) is 12.0. The number of halogens is 1. The van der Waals surface area contributed by atoms with Crippen molar-refractivity contribution in [2.45, 2.75) is 0 Å². The monoisotopic (exact) mass is 360 g/mol. The number of carbonyl (C=O) groups excluding carboxylic acids is 2. The molecule has 0 aliphatic rings. The van der Waals surface area contributed by atoms with Crippen LogP contribution < -0.4 is 10.9 Å². The predicted octanol–water partition coefficient (Wildman–Crippen LogP) is 2.05. The number of rotatable bonds is 6. The average molecular weight is 360 g/mol. The highest BCUT2D eigenvalue weighted by molar-refractivity contribution is 7.85. The van der Waals surface area contributed by atoms with Gasteiger partial charge in [-0.1, -0.05) is 42.5 Å². The average Bonchev–Trinajstić information content (AvgIpc) is 2.61. The van der Waals surface area contributed by atoms with E-state index < -0.39 is 28.4 Å². The lowest BCUT2D eigenvalue weighted by Gasteiger charge is -2.07. The molecule has 0 saturated heterocycles. The van der Waals surface area contributed by atoms with Crippen LogP contribution in [-0.4, -0.2) is 27.5 Å². The Morgan fingerprint density at radius 1 is 1.00 bits per heavy atom. The van der Waals surface area contributed by atoms with E-state index in [2.05, 4.69) is 10.9 Å². The number of hydrazine groups is 1. The number of hydrogen-bond acceptors (Lipinski definition) is 3. The van der Waals surface area contributed by atoms with Crippen LogP contribution in [0.25, 0.3) is 6.08 Å². The van der Waals surface area contributed by atoms with E-state index in [1.807, 2.05) is 36.4 Å². The van der Waals surface area contributed by atoms with Gasteiger partial charge in [-0.15, -0.1) is 0 Å². The zero-order valence-corrected chi connectivity index (χ0v) is 14.1. The molecule has 2 rings (SSSR count). The van der Waals surface area contributed by atoms with Crippen molar-refractivity contribution in [1.29, 1.82) is 0 Å². The molecule has 1 atom stereocenters. The Kier molecular flexibility index (Phi) is 7.03. The Morgan fingerprint density at radius 2 is 1.68 bits per heavy atom. The molecule has 2 N–H and O–H groups in total. The fraction of sp³-hybridized carbons (Fsp3) is 0.111. The van der Waals surface area contributed by atoms with Crippen LogP contribution in [0.2, 0.25) is 0 Å². The lowest BCUT2D eigenvalue weighted by Crippen LogP contribution is -2.43. The fourth-order valence-electron chi connectivity index (χ4n) is 1.90. The minimum atomic E-state index is -1.39. The van der Waals surface area contributed by atoms with Crippen LogP contribution in [0.4, 0.5) is 4.39 Å². The molecule has 130 valence electrons. The van der Waals surface area contributed by atoms with Crippen molar-refractivity contribution in [1.82, 2.24) is 10.9 Å². The van der Waals surface area contributed by atoms with Crippen LogP contribution in [0.1, 0.15) is 15.9 Å². The minimum absolute atomic E-state index is 0.202. The van der Waals surface area contributed by atoms with E-state index in [1.165, 1.54) is 12.1 Å². The Bertz CT molecular complexity index is 777. The van der Waals surface area contributed by atoms with Crippen LogP contribution in [-0.2, 0) is 15.6 Å².